The Labute approximate surface area is 226 Å². The Hall–Kier alpha value is -4.62. The summed E-state index contributed by atoms with van der Waals surface area (Å²) >= 11 is 5.84. The third-order valence-electron chi connectivity index (χ3n) is 6.48. The van der Waals surface area contributed by atoms with Crippen LogP contribution in [0, 0.1) is 0 Å². The number of hydrogen-bond donors (Lipinski definition) is 1. The SMILES string of the molecule is COc1ccc(Oc2ccc(N3C(=S)N[C@@H](c4ccccn4)[C@H]3c3ccc(-c4ccccc4)o3)cc2)cc1. The third-order valence-corrected chi connectivity index (χ3v) is 6.80. The van der Waals surface area contributed by atoms with E-state index in [1.807, 2.05) is 109 Å². The molecule has 5 aromatic rings. The van der Waals surface area contributed by atoms with Crippen molar-refractivity contribution in [3.8, 4) is 28.6 Å². The van der Waals surface area contributed by atoms with Crippen LogP contribution >= 0.6 is 12.2 Å². The lowest BCUT2D eigenvalue weighted by Gasteiger charge is -2.26. The molecular formula is C31H25N3O3S. The molecule has 0 unspecified atom stereocenters. The van der Waals surface area contributed by atoms with Crippen molar-refractivity contribution in [1.82, 2.24) is 10.3 Å². The molecule has 1 aliphatic rings. The van der Waals surface area contributed by atoms with Gasteiger partial charge in [-0.3, -0.25) is 4.98 Å². The van der Waals surface area contributed by atoms with E-state index >= 15 is 0 Å². The van der Waals surface area contributed by atoms with Crippen molar-refractivity contribution in [2.24, 2.45) is 0 Å². The van der Waals surface area contributed by atoms with Gasteiger partial charge in [0.25, 0.3) is 0 Å². The van der Waals surface area contributed by atoms with Crippen LogP contribution in [-0.2, 0) is 0 Å². The van der Waals surface area contributed by atoms with Crippen LogP contribution < -0.4 is 19.7 Å². The molecule has 0 spiro atoms. The predicted octanol–water partition coefficient (Wildman–Crippen LogP) is 7.32. The Bertz CT molecular complexity index is 1520. The number of furan rings is 1. The van der Waals surface area contributed by atoms with Crippen molar-refractivity contribution in [1.29, 1.82) is 0 Å². The van der Waals surface area contributed by atoms with E-state index in [1.165, 1.54) is 0 Å². The van der Waals surface area contributed by atoms with Gasteiger partial charge in [0.15, 0.2) is 5.11 Å². The zero-order valence-corrected chi connectivity index (χ0v) is 21.5. The Morgan fingerprint density at radius 1 is 0.789 bits per heavy atom. The monoisotopic (exact) mass is 519 g/mol. The lowest BCUT2D eigenvalue weighted by molar-refractivity contribution is 0.413. The molecule has 6 nitrogen and oxygen atoms in total. The topological polar surface area (TPSA) is 59.8 Å². The molecule has 2 aromatic heterocycles. The number of methoxy groups -OCH3 is 1. The van der Waals surface area contributed by atoms with Crippen molar-refractivity contribution in [2.75, 3.05) is 12.0 Å². The van der Waals surface area contributed by atoms with Gasteiger partial charge in [-0.2, -0.15) is 0 Å². The summed E-state index contributed by atoms with van der Waals surface area (Å²) in [5.74, 6) is 3.84. The highest BCUT2D eigenvalue weighted by Gasteiger charge is 2.42. The van der Waals surface area contributed by atoms with E-state index in [2.05, 4.69) is 15.2 Å². The summed E-state index contributed by atoms with van der Waals surface area (Å²) in [5, 5.41) is 4.08. The van der Waals surface area contributed by atoms with Gasteiger partial charge in [-0.05, 0) is 85.0 Å². The number of pyridine rings is 1. The van der Waals surface area contributed by atoms with Crippen molar-refractivity contribution in [3.63, 3.8) is 0 Å². The molecule has 0 aliphatic carbocycles. The number of aromatic nitrogens is 1. The number of nitrogens with zero attached hydrogens (tertiary/aromatic N) is 2. The lowest BCUT2D eigenvalue weighted by Crippen LogP contribution is -2.29. The van der Waals surface area contributed by atoms with Gasteiger partial charge in [-0.15, -0.1) is 0 Å². The first-order chi connectivity index (χ1) is 18.7. The Morgan fingerprint density at radius 3 is 2.16 bits per heavy atom. The summed E-state index contributed by atoms with van der Waals surface area (Å²) in [6, 6.07) is 34.9. The van der Waals surface area contributed by atoms with E-state index in [-0.39, 0.29) is 12.1 Å². The van der Waals surface area contributed by atoms with E-state index in [0.717, 1.165) is 45.7 Å². The molecule has 6 rings (SSSR count). The average molecular weight is 520 g/mol. The maximum absolute atomic E-state index is 6.42. The molecule has 2 atom stereocenters. The summed E-state index contributed by atoms with van der Waals surface area (Å²) in [4.78, 5) is 6.70. The van der Waals surface area contributed by atoms with Crippen LogP contribution in [-0.4, -0.2) is 17.2 Å². The van der Waals surface area contributed by atoms with Crippen LogP contribution in [0.2, 0.25) is 0 Å². The van der Waals surface area contributed by atoms with E-state index in [9.17, 15) is 0 Å². The second kappa shape index (κ2) is 10.4. The van der Waals surface area contributed by atoms with Crippen LogP contribution in [0.5, 0.6) is 17.2 Å². The molecule has 7 heteroatoms. The van der Waals surface area contributed by atoms with Crippen LogP contribution in [0.4, 0.5) is 5.69 Å². The zero-order chi connectivity index (χ0) is 25.9. The largest absolute Gasteiger partial charge is 0.497 e. The highest BCUT2D eigenvalue weighted by Crippen LogP contribution is 2.43. The van der Waals surface area contributed by atoms with E-state index in [0.29, 0.717) is 5.11 Å². The minimum absolute atomic E-state index is 0.186. The fourth-order valence-electron chi connectivity index (χ4n) is 4.65. The molecule has 1 saturated heterocycles. The number of benzene rings is 3. The summed E-state index contributed by atoms with van der Waals surface area (Å²) in [6.45, 7) is 0. The standard InChI is InChI=1S/C31H25N3O3S/c1-35-23-14-16-25(17-15-23)36-24-12-10-22(11-13-24)34-30(29(33-31(34)38)26-9-5-6-20-32-26)28-19-18-27(37-28)21-7-3-2-4-8-21/h2-20,29-30H,1H3,(H,33,38)/t29-,30+/m0/s1. The zero-order valence-electron chi connectivity index (χ0n) is 20.7. The number of hydrogen-bond acceptors (Lipinski definition) is 5. The minimum Gasteiger partial charge on any atom is -0.497 e. The van der Waals surface area contributed by atoms with Gasteiger partial charge < -0.3 is 24.1 Å². The van der Waals surface area contributed by atoms with E-state index < -0.39 is 0 Å². The molecule has 188 valence electrons. The number of anilines is 1. The van der Waals surface area contributed by atoms with Crippen molar-refractivity contribution in [3.05, 3.63) is 127 Å². The van der Waals surface area contributed by atoms with Gasteiger partial charge in [0.1, 0.15) is 34.8 Å². The molecule has 1 fully saturated rings. The van der Waals surface area contributed by atoms with Gasteiger partial charge in [0.2, 0.25) is 0 Å². The van der Waals surface area contributed by atoms with Crippen LogP contribution in [0.25, 0.3) is 11.3 Å². The molecule has 1 aliphatic heterocycles. The molecular weight excluding hydrogens is 494 g/mol. The smallest absolute Gasteiger partial charge is 0.174 e. The van der Waals surface area contributed by atoms with E-state index in [4.69, 9.17) is 26.1 Å². The summed E-state index contributed by atoms with van der Waals surface area (Å²) in [6.07, 6.45) is 1.79. The quantitative estimate of drug-likeness (QED) is 0.226. The molecule has 38 heavy (non-hydrogen) atoms. The van der Waals surface area contributed by atoms with Gasteiger partial charge in [-0.25, -0.2) is 0 Å². The van der Waals surface area contributed by atoms with Crippen molar-refractivity contribution >= 4 is 23.0 Å². The summed E-state index contributed by atoms with van der Waals surface area (Å²) < 4.78 is 17.7. The van der Waals surface area contributed by atoms with Crippen molar-refractivity contribution < 1.29 is 13.9 Å². The maximum atomic E-state index is 6.42. The van der Waals surface area contributed by atoms with Crippen LogP contribution in [0.1, 0.15) is 23.5 Å². The Kier molecular flexibility index (Phi) is 6.50. The van der Waals surface area contributed by atoms with Crippen LogP contribution in [0.3, 0.4) is 0 Å². The fourth-order valence-corrected chi connectivity index (χ4v) is 4.99. The first-order valence-electron chi connectivity index (χ1n) is 12.3. The molecule has 1 N–H and O–H groups in total. The normalized spacial score (nSPS) is 16.8. The predicted molar refractivity (Wildman–Crippen MR) is 152 cm³/mol. The van der Waals surface area contributed by atoms with Gasteiger partial charge in [0, 0.05) is 17.4 Å². The minimum atomic E-state index is -0.233. The molecule has 0 saturated carbocycles. The Balaban J connectivity index is 1.32. The maximum Gasteiger partial charge on any atom is 0.174 e. The number of ether oxygens (including phenoxy) is 2. The van der Waals surface area contributed by atoms with E-state index in [1.54, 1.807) is 13.3 Å². The fraction of sp³-hybridized carbons (Fsp3) is 0.0968. The van der Waals surface area contributed by atoms with Gasteiger partial charge in [-0.1, -0.05) is 36.4 Å². The first-order valence-corrected chi connectivity index (χ1v) is 12.7. The number of rotatable bonds is 7. The number of nitrogens with one attached hydrogen (secondary N) is 1. The van der Waals surface area contributed by atoms with Gasteiger partial charge in [0.05, 0.1) is 18.8 Å². The molecule has 3 heterocycles. The molecule has 0 radical (unpaired) electrons. The molecule has 3 aromatic carbocycles. The Morgan fingerprint density at radius 2 is 1.47 bits per heavy atom. The highest BCUT2D eigenvalue weighted by molar-refractivity contribution is 7.80. The average Bonchev–Trinajstić information content (AvgIpc) is 3.60. The van der Waals surface area contributed by atoms with Crippen molar-refractivity contribution in [2.45, 2.75) is 12.1 Å². The lowest BCUT2D eigenvalue weighted by atomic mass is 10.0. The van der Waals surface area contributed by atoms with Gasteiger partial charge >= 0.3 is 0 Å². The highest BCUT2D eigenvalue weighted by atomic mass is 32.1. The summed E-state index contributed by atoms with van der Waals surface area (Å²) in [5.41, 5.74) is 2.83. The second-order valence-electron chi connectivity index (χ2n) is 8.84. The number of thiocarbonyl (C=S) groups is 1. The summed E-state index contributed by atoms with van der Waals surface area (Å²) in [7, 11) is 1.64. The second-order valence-corrected chi connectivity index (χ2v) is 9.22. The first kappa shape index (κ1) is 23.8. The molecule has 0 bridgehead atoms. The third kappa shape index (κ3) is 4.71. The molecule has 0 amide bonds. The van der Waals surface area contributed by atoms with Crippen LogP contribution in [0.15, 0.2) is 120 Å².